The summed E-state index contributed by atoms with van der Waals surface area (Å²) < 4.78 is 0. The lowest BCUT2D eigenvalue weighted by Crippen LogP contribution is -2.11. The second kappa shape index (κ2) is 4.52. The Morgan fingerprint density at radius 3 is 2.81 bits per heavy atom. The molecule has 88 valence electrons. The van der Waals surface area contributed by atoms with Crippen LogP contribution in [0.1, 0.15) is 61.6 Å². The van der Waals surface area contributed by atoms with E-state index >= 15 is 0 Å². The lowest BCUT2D eigenvalue weighted by atomic mass is 9.86. The van der Waals surface area contributed by atoms with Crippen molar-refractivity contribution in [3.05, 3.63) is 34.9 Å². The Labute approximate surface area is 108 Å². The van der Waals surface area contributed by atoms with E-state index in [0.29, 0.717) is 10.2 Å². The van der Waals surface area contributed by atoms with Crippen LogP contribution in [0.15, 0.2) is 18.2 Å². The molecule has 1 heteroatoms. The molecule has 0 N–H and O–H groups in total. The highest BCUT2D eigenvalue weighted by atomic mass is 79.9. The summed E-state index contributed by atoms with van der Waals surface area (Å²) in [6.45, 7) is 6.95. The third kappa shape index (κ3) is 2.20. The van der Waals surface area contributed by atoms with Gasteiger partial charge in [0.25, 0.3) is 0 Å². The Bertz CT molecular complexity index is 379. The van der Waals surface area contributed by atoms with Crippen molar-refractivity contribution in [2.24, 2.45) is 0 Å². The van der Waals surface area contributed by atoms with E-state index < -0.39 is 0 Å². The molecular weight excluding hydrogens is 260 g/mol. The predicted octanol–water partition coefficient (Wildman–Crippen LogP) is 5.15. The van der Waals surface area contributed by atoms with Crippen molar-refractivity contribution in [1.82, 2.24) is 0 Å². The average Bonchev–Trinajstić information content (AvgIpc) is 2.46. The zero-order valence-corrected chi connectivity index (χ0v) is 12.1. The summed E-state index contributed by atoms with van der Waals surface area (Å²) in [6, 6.07) is 7.09. The largest absolute Gasteiger partial charge is 0.0838 e. The first kappa shape index (κ1) is 12.2. The van der Waals surface area contributed by atoms with Crippen LogP contribution in [0.5, 0.6) is 0 Å². The van der Waals surface area contributed by atoms with Gasteiger partial charge in [0.2, 0.25) is 0 Å². The van der Waals surface area contributed by atoms with E-state index in [0.717, 1.165) is 0 Å². The van der Waals surface area contributed by atoms with Gasteiger partial charge in [-0.15, -0.1) is 0 Å². The average molecular weight is 281 g/mol. The fourth-order valence-corrected chi connectivity index (χ4v) is 3.88. The fourth-order valence-electron chi connectivity index (χ4n) is 2.69. The molecule has 0 fully saturated rings. The highest BCUT2D eigenvalue weighted by molar-refractivity contribution is 9.09. The number of fused-ring (bicyclic) bond motifs is 1. The molecule has 0 radical (unpaired) electrons. The summed E-state index contributed by atoms with van der Waals surface area (Å²) in [5, 5.41) is 0. The van der Waals surface area contributed by atoms with Crippen molar-refractivity contribution in [1.29, 1.82) is 0 Å². The molecule has 0 saturated carbocycles. The number of hydrogen-bond acceptors (Lipinski definition) is 0. The Hall–Kier alpha value is -0.300. The summed E-state index contributed by atoms with van der Waals surface area (Å²) in [7, 11) is 0. The van der Waals surface area contributed by atoms with Gasteiger partial charge in [-0.05, 0) is 41.4 Å². The third-order valence-corrected chi connectivity index (χ3v) is 4.51. The Kier molecular flexibility index (Phi) is 3.44. The second-order valence-electron chi connectivity index (χ2n) is 5.58. The maximum absolute atomic E-state index is 3.81. The van der Waals surface area contributed by atoms with Gasteiger partial charge in [0.15, 0.2) is 0 Å². The molecule has 1 atom stereocenters. The van der Waals surface area contributed by atoms with Gasteiger partial charge in [-0.2, -0.15) is 0 Å². The van der Waals surface area contributed by atoms with Crippen molar-refractivity contribution in [3.8, 4) is 0 Å². The van der Waals surface area contributed by atoms with E-state index in [-0.39, 0.29) is 0 Å². The van der Waals surface area contributed by atoms with Crippen LogP contribution in [0.4, 0.5) is 0 Å². The summed E-state index contributed by atoms with van der Waals surface area (Å²) in [6.07, 6.45) is 5.03. The topological polar surface area (TPSA) is 0 Å². The van der Waals surface area contributed by atoms with Crippen LogP contribution < -0.4 is 0 Å². The molecule has 2 rings (SSSR count). The van der Waals surface area contributed by atoms with E-state index in [1.807, 2.05) is 0 Å². The molecule has 0 saturated heterocycles. The standard InChI is InChI=1S/C15H21Br/c1-4-5-6-11-7-8-13-12(9-11)14(16)10-15(13,2)3/h7-9,14H,4-6,10H2,1-3H3. The van der Waals surface area contributed by atoms with E-state index in [1.165, 1.54) is 42.4 Å². The molecule has 0 aliphatic heterocycles. The van der Waals surface area contributed by atoms with Gasteiger partial charge in [0, 0.05) is 4.83 Å². The van der Waals surface area contributed by atoms with Crippen LogP contribution in [0.3, 0.4) is 0 Å². The van der Waals surface area contributed by atoms with Crippen LogP contribution in [-0.2, 0) is 11.8 Å². The predicted molar refractivity (Wildman–Crippen MR) is 74.4 cm³/mol. The van der Waals surface area contributed by atoms with Gasteiger partial charge in [-0.25, -0.2) is 0 Å². The number of aryl methyl sites for hydroxylation is 1. The summed E-state index contributed by atoms with van der Waals surface area (Å²) in [4.78, 5) is 0.555. The van der Waals surface area contributed by atoms with E-state index in [2.05, 4.69) is 54.9 Å². The first-order valence-electron chi connectivity index (χ1n) is 6.32. The summed E-state index contributed by atoms with van der Waals surface area (Å²) >= 11 is 3.81. The Morgan fingerprint density at radius 2 is 2.12 bits per heavy atom. The van der Waals surface area contributed by atoms with E-state index in [4.69, 9.17) is 0 Å². The second-order valence-corrected chi connectivity index (χ2v) is 6.69. The van der Waals surface area contributed by atoms with Gasteiger partial charge in [-0.3, -0.25) is 0 Å². The van der Waals surface area contributed by atoms with Gasteiger partial charge in [-0.1, -0.05) is 61.3 Å². The summed E-state index contributed by atoms with van der Waals surface area (Å²) in [5.74, 6) is 0. The van der Waals surface area contributed by atoms with Crippen LogP contribution in [-0.4, -0.2) is 0 Å². The number of hydrogen-bond donors (Lipinski definition) is 0. The minimum atomic E-state index is 0.340. The summed E-state index contributed by atoms with van der Waals surface area (Å²) in [5.41, 5.74) is 4.91. The van der Waals surface area contributed by atoms with E-state index in [1.54, 1.807) is 0 Å². The number of alkyl halides is 1. The molecule has 16 heavy (non-hydrogen) atoms. The molecule has 1 aromatic rings. The van der Waals surface area contributed by atoms with Crippen molar-refractivity contribution in [2.75, 3.05) is 0 Å². The van der Waals surface area contributed by atoms with Crippen molar-refractivity contribution in [3.63, 3.8) is 0 Å². The number of halogens is 1. The highest BCUT2D eigenvalue weighted by Crippen LogP contribution is 2.48. The minimum Gasteiger partial charge on any atom is -0.0838 e. The molecule has 1 unspecified atom stereocenters. The van der Waals surface area contributed by atoms with Gasteiger partial charge in [0.1, 0.15) is 0 Å². The molecule has 1 aliphatic rings. The van der Waals surface area contributed by atoms with Gasteiger partial charge in [0.05, 0.1) is 0 Å². The van der Waals surface area contributed by atoms with Crippen molar-refractivity contribution in [2.45, 2.75) is 56.7 Å². The minimum absolute atomic E-state index is 0.340. The van der Waals surface area contributed by atoms with Crippen molar-refractivity contribution < 1.29 is 0 Å². The molecule has 0 heterocycles. The third-order valence-electron chi connectivity index (χ3n) is 3.69. The van der Waals surface area contributed by atoms with Crippen molar-refractivity contribution >= 4 is 15.9 Å². The smallest absolute Gasteiger partial charge is 0.0406 e. The first-order chi connectivity index (χ1) is 7.54. The monoisotopic (exact) mass is 280 g/mol. The molecular formula is C15H21Br. The van der Waals surface area contributed by atoms with Gasteiger partial charge >= 0.3 is 0 Å². The maximum atomic E-state index is 3.81. The normalized spacial score (nSPS) is 22.1. The zero-order chi connectivity index (χ0) is 11.8. The van der Waals surface area contributed by atoms with Crippen LogP contribution >= 0.6 is 15.9 Å². The Balaban J connectivity index is 2.29. The highest BCUT2D eigenvalue weighted by Gasteiger charge is 2.35. The molecule has 0 aromatic heterocycles. The van der Waals surface area contributed by atoms with E-state index in [9.17, 15) is 0 Å². The molecule has 0 nitrogen and oxygen atoms in total. The van der Waals surface area contributed by atoms with Crippen LogP contribution in [0, 0.1) is 0 Å². The SMILES string of the molecule is CCCCc1ccc2c(c1)C(Br)CC2(C)C. The molecule has 0 spiro atoms. The lowest BCUT2D eigenvalue weighted by molar-refractivity contribution is 0.521. The number of rotatable bonds is 3. The van der Waals surface area contributed by atoms with Crippen LogP contribution in [0.2, 0.25) is 0 Å². The van der Waals surface area contributed by atoms with Gasteiger partial charge < -0.3 is 0 Å². The number of benzene rings is 1. The maximum Gasteiger partial charge on any atom is 0.0406 e. The Morgan fingerprint density at radius 1 is 1.38 bits per heavy atom. The lowest BCUT2D eigenvalue weighted by Gasteiger charge is -2.18. The number of unbranched alkanes of at least 4 members (excludes halogenated alkanes) is 1. The molecule has 1 aliphatic carbocycles. The van der Waals surface area contributed by atoms with Crippen LogP contribution in [0.25, 0.3) is 0 Å². The molecule has 0 bridgehead atoms. The zero-order valence-electron chi connectivity index (χ0n) is 10.5. The quantitative estimate of drug-likeness (QED) is 0.672. The molecule has 0 amide bonds. The molecule has 1 aromatic carbocycles. The fraction of sp³-hybridized carbons (Fsp3) is 0.600. The first-order valence-corrected chi connectivity index (χ1v) is 7.23.